The van der Waals surface area contributed by atoms with Gasteiger partial charge in [0.1, 0.15) is 30.4 Å². The van der Waals surface area contributed by atoms with E-state index in [1.54, 1.807) is 0 Å². The van der Waals surface area contributed by atoms with Crippen molar-refractivity contribution in [3.05, 3.63) is 82.6 Å². The van der Waals surface area contributed by atoms with E-state index in [4.69, 9.17) is 15.9 Å². The van der Waals surface area contributed by atoms with Crippen LogP contribution in [0.5, 0.6) is 11.5 Å². The van der Waals surface area contributed by atoms with Crippen molar-refractivity contribution in [3.63, 3.8) is 0 Å². The summed E-state index contributed by atoms with van der Waals surface area (Å²) >= 11 is 0. The molecule has 2 aromatic carbocycles. The van der Waals surface area contributed by atoms with Crippen LogP contribution >= 0.6 is 0 Å². The molecule has 0 spiro atoms. The Labute approximate surface area is 226 Å². The minimum Gasteiger partial charge on any atom is -1.00 e. The standard InChI is InChI=1S/C31H32NO2.HI/c1-5-18-32-27-13-8-7-12-26(27)31(3,4)29(32)17-15-22-10-9-11-24-20-23-14-16-25(33-19-6-2)21-28(23)34-30(22)24;/h2,7-8,12-17,20-21H,5,9-11,18-19H2,1,3-4H3;1H/q+1;/p-1. The summed E-state index contributed by atoms with van der Waals surface area (Å²) in [7, 11) is 0. The van der Waals surface area contributed by atoms with Crippen LogP contribution in [0.2, 0.25) is 0 Å². The predicted molar refractivity (Wildman–Crippen MR) is 139 cm³/mol. The normalized spacial score (nSPS) is 17.6. The van der Waals surface area contributed by atoms with Crippen molar-refractivity contribution in [1.29, 1.82) is 0 Å². The molecule has 0 N–H and O–H groups in total. The Morgan fingerprint density at radius 2 is 1.97 bits per heavy atom. The number of hydrogen-bond donors (Lipinski definition) is 0. The number of halogens is 1. The quantitative estimate of drug-likeness (QED) is 0.295. The van der Waals surface area contributed by atoms with Crippen molar-refractivity contribution in [2.45, 2.75) is 51.9 Å². The van der Waals surface area contributed by atoms with Gasteiger partial charge in [0, 0.05) is 35.8 Å². The summed E-state index contributed by atoms with van der Waals surface area (Å²) in [6, 6.07) is 14.7. The SMILES string of the molecule is C#CCOc1ccc2c(c1)OC1=C(C=CC3=[N+](CCC)c4ccccc4C3(C)C)CCCC1=C2.[I-]. The molecule has 0 amide bonds. The average molecular weight is 578 g/mol. The average Bonchev–Trinajstić information content (AvgIpc) is 3.06. The van der Waals surface area contributed by atoms with Gasteiger partial charge in [-0.25, -0.2) is 0 Å². The number of benzene rings is 2. The van der Waals surface area contributed by atoms with Crippen LogP contribution in [-0.2, 0) is 5.41 Å². The van der Waals surface area contributed by atoms with E-state index < -0.39 is 0 Å². The summed E-state index contributed by atoms with van der Waals surface area (Å²) in [6.45, 7) is 8.17. The Balaban J connectivity index is 0.00000289. The third-order valence-electron chi connectivity index (χ3n) is 7.01. The number of hydrogen-bond acceptors (Lipinski definition) is 2. The first-order valence-corrected chi connectivity index (χ1v) is 12.3. The number of fused-ring (bicyclic) bond motifs is 3. The van der Waals surface area contributed by atoms with Gasteiger partial charge in [-0.1, -0.05) is 31.0 Å². The summed E-state index contributed by atoms with van der Waals surface area (Å²) in [5, 5.41) is 0. The van der Waals surface area contributed by atoms with Crippen LogP contribution in [0.3, 0.4) is 0 Å². The Hall–Kier alpha value is -2.78. The molecule has 0 unspecified atom stereocenters. The molecule has 0 saturated carbocycles. The molecular formula is C31H32INO2. The molecule has 2 aromatic rings. The van der Waals surface area contributed by atoms with Crippen LogP contribution in [0.4, 0.5) is 5.69 Å². The first-order chi connectivity index (χ1) is 16.5. The van der Waals surface area contributed by atoms with Crippen LogP contribution in [0, 0.1) is 12.3 Å². The second-order valence-electron chi connectivity index (χ2n) is 9.68. The molecule has 3 nitrogen and oxygen atoms in total. The topological polar surface area (TPSA) is 21.5 Å². The summed E-state index contributed by atoms with van der Waals surface area (Å²) < 4.78 is 14.6. The summed E-state index contributed by atoms with van der Waals surface area (Å²) in [5.74, 6) is 5.08. The maximum absolute atomic E-state index is 6.48. The molecule has 3 aliphatic rings. The number of terminal acetylenes is 1. The van der Waals surface area contributed by atoms with E-state index in [0.29, 0.717) is 0 Å². The minimum absolute atomic E-state index is 0. The molecule has 0 bridgehead atoms. The lowest BCUT2D eigenvalue weighted by Crippen LogP contribution is -3.00. The van der Waals surface area contributed by atoms with Gasteiger partial charge in [-0.15, -0.1) is 6.42 Å². The van der Waals surface area contributed by atoms with Crippen LogP contribution in [0.25, 0.3) is 6.08 Å². The number of ether oxygens (including phenoxy) is 2. The maximum Gasteiger partial charge on any atom is 0.209 e. The minimum atomic E-state index is -0.0376. The van der Waals surface area contributed by atoms with E-state index in [0.717, 1.165) is 55.0 Å². The van der Waals surface area contributed by atoms with Gasteiger partial charge >= 0.3 is 0 Å². The smallest absolute Gasteiger partial charge is 0.209 e. The van der Waals surface area contributed by atoms with E-state index in [1.165, 1.54) is 28.1 Å². The van der Waals surface area contributed by atoms with Crippen LogP contribution < -0.4 is 33.5 Å². The molecule has 2 heterocycles. The zero-order valence-electron chi connectivity index (χ0n) is 20.7. The van der Waals surface area contributed by atoms with Crippen LogP contribution in [-0.4, -0.2) is 23.4 Å². The molecule has 5 rings (SSSR count). The highest BCUT2D eigenvalue weighted by atomic mass is 127. The lowest BCUT2D eigenvalue weighted by Gasteiger charge is -2.27. The highest BCUT2D eigenvalue weighted by Gasteiger charge is 2.43. The van der Waals surface area contributed by atoms with Gasteiger partial charge in [0.25, 0.3) is 0 Å². The number of rotatable bonds is 6. The second-order valence-corrected chi connectivity index (χ2v) is 9.68. The molecule has 0 atom stereocenters. The molecule has 4 heteroatoms. The van der Waals surface area contributed by atoms with Crippen LogP contribution in [0.1, 0.15) is 57.6 Å². The van der Waals surface area contributed by atoms with Crippen molar-refractivity contribution in [2.75, 3.05) is 13.2 Å². The first kappa shape index (κ1) is 25.3. The zero-order valence-corrected chi connectivity index (χ0v) is 22.9. The molecule has 2 aliphatic heterocycles. The fourth-order valence-corrected chi connectivity index (χ4v) is 5.35. The summed E-state index contributed by atoms with van der Waals surface area (Å²) in [6.07, 6.45) is 16.5. The lowest BCUT2D eigenvalue weighted by atomic mass is 9.81. The van der Waals surface area contributed by atoms with E-state index in [2.05, 4.69) is 73.8 Å². The number of allylic oxidation sites excluding steroid dienone is 4. The Kier molecular flexibility index (Phi) is 7.56. The van der Waals surface area contributed by atoms with Crippen molar-refractivity contribution in [2.24, 2.45) is 0 Å². The van der Waals surface area contributed by atoms with Gasteiger partial charge < -0.3 is 33.5 Å². The number of para-hydroxylation sites is 1. The molecule has 1 aliphatic carbocycles. The summed E-state index contributed by atoms with van der Waals surface area (Å²) in [5.41, 5.74) is 7.66. The lowest BCUT2D eigenvalue weighted by molar-refractivity contribution is -0.437. The largest absolute Gasteiger partial charge is 1.00 e. The molecule has 35 heavy (non-hydrogen) atoms. The fraction of sp³-hybridized carbons (Fsp3) is 0.323. The van der Waals surface area contributed by atoms with Gasteiger partial charge in [0.15, 0.2) is 5.71 Å². The fourth-order valence-electron chi connectivity index (χ4n) is 5.35. The Morgan fingerprint density at radius 1 is 1.14 bits per heavy atom. The molecule has 180 valence electrons. The van der Waals surface area contributed by atoms with Gasteiger partial charge in [-0.05, 0) is 68.5 Å². The Bertz CT molecular complexity index is 1300. The van der Waals surface area contributed by atoms with E-state index in [1.807, 2.05) is 18.2 Å². The zero-order chi connectivity index (χ0) is 23.7. The molecule has 0 fully saturated rings. The first-order valence-electron chi connectivity index (χ1n) is 12.3. The molecule has 0 saturated heterocycles. The third-order valence-corrected chi connectivity index (χ3v) is 7.01. The molecule has 0 aromatic heterocycles. The number of nitrogens with zero attached hydrogens (tertiary/aromatic N) is 1. The highest BCUT2D eigenvalue weighted by Crippen LogP contribution is 2.42. The third kappa shape index (κ3) is 4.71. The monoisotopic (exact) mass is 577 g/mol. The van der Waals surface area contributed by atoms with E-state index >= 15 is 0 Å². The van der Waals surface area contributed by atoms with Crippen molar-refractivity contribution >= 4 is 17.5 Å². The van der Waals surface area contributed by atoms with Crippen molar-refractivity contribution < 1.29 is 38.0 Å². The van der Waals surface area contributed by atoms with Crippen molar-refractivity contribution in [1.82, 2.24) is 0 Å². The Morgan fingerprint density at radius 3 is 2.77 bits per heavy atom. The highest BCUT2D eigenvalue weighted by molar-refractivity contribution is 6.03. The molecule has 0 radical (unpaired) electrons. The van der Waals surface area contributed by atoms with Gasteiger partial charge in [0.05, 0.1) is 5.41 Å². The predicted octanol–water partition coefficient (Wildman–Crippen LogP) is 3.96. The summed E-state index contributed by atoms with van der Waals surface area (Å²) in [4.78, 5) is 0. The van der Waals surface area contributed by atoms with Crippen molar-refractivity contribution in [3.8, 4) is 23.8 Å². The van der Waals surface area contributed by atoms with Gasteiger partial charge in [0.2, 0.25) is 5.69 Å². The van der Waals surface area contributed by atoms with Gasteiger partial charge in [-0.2, -0.15) is 4.58 Å². The van der Waals surface area contributed by atoms with E-state index in [9.17, 15) is 0 Å². The van der Waals surface area contributed by atoms with Crippen LogP contribution in [0.15, 0.2) is 71.5 Å². The van der Waals surface area contributed by atoms with E-state index in [-0.39, 0.29) is 36.0 Å². The maximum atomic E-state index is 6.48. The second kappa shape index (κ2) is 10.5. The van der Waals surface area contributed by atoms with Gasteiger partial charge in [-0.3, -0.25) is 0 Å². The molecular weight excluding hydrogens is 545 g/mol.